The van der Waals surface area contributed by atoms with Gasteiger partial charge in [0.2, 0.25) is 0 Å². The third kappa shape index (κ3) is 4.42. The molecule has 4 nitrogen and oxygen atoms in total. The van der Waals surface area contributed by atoms with Crippen LogP contribution >= 0.6 is 11.6 Å². The van der Waals surface area contributed by atoms with E-state index >= 15 is 0 Å². The Bertz CT molecular complexity index is 1070. The first-order valence-corrected chi connectivity index (χ1v) is 10.1. The van der Waals surface area contributed by atoms with Gasteiger partial charge in [-0.3, -0.25) is 5.32 Å². The van der Waals surface area contributed by atoms with Gasteiger partial charge in [-0.05, 0) is 78.7 Å². The van der Waals surface area contributed by atoms with Crippen molar-refractivity contribution in [1.29, 1.82) is 0 Å². The smallest absolute Gasteiger partial charge is 0.123 e. The van der Waals surface area contributed by atoms with Crippen LogP contribution in [-0.2, 0) is 0 Å². The van der Waals surface area contributed by atoms with E-state index in [4.69, 9.17) is 16.3 Å². The van der Waals surface area contributed by atoms with Gasteiger partial charge in [0.15, 0.2) is 0 Å². The van der Waals surface area contributed by atoms with Crippen LogP contribution in [0.1, 0.15) is 35.8 Å². The molecule has 0 radical (unpaired) electrons. The number of nitrogens with one attached hydrogen (secondary N) is 2. The van der Waals surface area contributed by atoms with Gasteiger partial charge < -0.3 is 15.2 Å². The van der Waals surface area contributed by atoms with Gasteiger partial charge in [-0.2, -0.15) is 0 Å². The number of aromatic hydroxyl groups is 1. The third-order valence-electron chi connectivity index (χ3n) is 4.96. The van der Waals surface area contributed by atoms with Crippen LogP contribution in [0.4, 0.5) is 4.39 Å². The summed E-state index contributed by atoms with van der Waals surface area (Å²) in [5.74, 6) is 0.621. The number of ether oxygens (including phenoxy) is 1. The first kappa shape index (κ1) is 20.3. The fraction of sp³-hybridized carbons (Fsp3) is 0.167. The molecule has 1 aliphatic heterocycles. The van der Waals surface area contributed by atoms with Crippen molar-refractivity contribution in [2.45, 2.75) is 19.1 Å². The molecule has 0 fully saturated rings. The molecular formula is C24H22ClFN2O2. The van der Waals surface area contributed by atoms with Gasteiger partial charge in [0.05, 0.1) is 12.6 Å². The molecule has 1 aliphatic rings. The maximum Gasteiger partial charge on any atom is 0.123 e. The van der Waals surface area contributed by atoms with E-state index in [9.17, 15) is 9.50 Å². The molecule has 1 heterocycles. The number of phenolic OH excluding ortho intramolecular Hbond substituents is 1. The van der Waals surface area contributed by atoms with E-state index in [0.717, 1.165) is 22.6 Å². The molecular weight excluding hydrogens is 403 g/mol. The van der Waals surface area contributed by atoms with E-state index in [1.807, 2.05) is 43.3 Å². The second-order valence-electron chi connectivity index (χ2n) is 7.02. The van der Waals surface area contributed by atoms with E-state index < -0.39 is 0 Å². The summed E-state index contributed by atoms with van der Waals surface area (Å²) < 4.78 is 19.4. The minimum Gasteiger partial charge on any atom is -0.508 e. The molecule has 4 rings (SSSR count). The molecule has 2 unspecified atom stereocenters. The SMILES string of the molecule is CCOc1ccc(C2=CC(c3cc(Cl)ccc3O)NC(c3cccc(F)c3)N2)cc1. The zero-order valence-corrected chi connectivity index (χ0v) is 17.2. The molecule has 0 saturated heterocycles. The standard InChI is InChI=1S/C24H22ClFN2O2/c1-2-30-19-9-6-15(7-10-19)21-14-22(20-13-17(25)8-11-23(20)29)28-24(27-21)16-4-3-5-18(26)12-16/h3-14,22,24,27-29H,2H2,1H3. The summed E-state index contributed by atoms with van der Waals surface area (Å²) in [5.41, 5.74) is 3.20. The van der Waals surface area contributed by atoms with Crippen LogP contribution in [0, 0.1) is 5.82 Å². The van der Waals surface area contributed by atoms with E-state index in [1.165, 1.54) is 12.1 Å². The van der Waals surface area contributed by atoms with Gasteiger partial charge in [0.25, 0.3) is 0 Å². The highest BCUT2D eigenvalue weighted by Gasteiger charge is 2.26. The molecule has 6 heteroatoms. The van der Waals surface area contributed by atoms with E-state index in [0.29, 0.717) is 17.2 Å². The molecule has 0 bridgehead atoms. The number of rotatable bonds is 5. The van der Waals surface area contributed by atoms with Crippen LogP contribution in [0.25, 0.3) is 5.70 Å². The summed E-state index contributed by atoms with van der Waals surface area (Å²) in [4.78, 5) is 0. The fourth-order valence-corrected chi connectivity index (χ4v) is 3.72. The maximum absolute atomic E-state index is 13.9. The Labute approximate surface area is 180 Å². The molecule has 0 saturated carbocycles. The summed E-state index contributed by atoms with van der Waals surface area (Å²) in [6.45, 7) is 2.54. The highest BCUT2D eigenvalue weighted by Crippen LogP contribution is 2.35. The highest BCUT2D eigenvalue weighted by molar-refractivity contribution is 6.30. The van der Waals surface area contributed by atoms with Gasteiger partial charge in [-0.1, -0.05) is 23.7 Å². The van der Waals surface area contributed by atoms with Gasteiger partial charge in [0.1, 0.15) is 23.5 Å². The summed E-state index contributed by atoms with van der Waals surface area (Å²) in [7, 11) is 0. The maximum atomic E-state index is 13.9. The molecule has 0 spiro atoms. The summed E-state index contributed by atoms with van der Waals surface area (Å²) in [5, 5.41) is 17.8. The Morgan fingerprint density at radius 2 is 1.87 bits per heavy atom. The van der Waals surface area contributed by atoms with Crippen LogP contribution in [0.15, 0.2) is 72.8 Å². The van der Waals surface area contributed by atoms with Crippen molar-refractivity contribution in [2.75, 3.05) is 6.61 Å². The van der Waals surface area contributed by atoms with Crippen LogP contribution in [0.2, 0.25) is 5.02 Å². The topological polar surface area (TPSA) is 53.5 Å². The Balaban J connectivity index is 1.74. The summed E-state index contributed by atoms with van der Waals surface area (Å²) in [6.07, 6.45) is 1.62. The van der Waals surface area contributed by atoms with E-state index in [-0.39, 0.29) is 23.8 Å². The van der Waals surface area contributed by atoms with Gasteiger partial charge in [0, 0.05) is 16.3 Å². The predicted molar refractivity (Wildman–Crippen MR) is 117 cm³/mol. The Morgan fingerprint density at radius 1 is 1.07 bits per heavy atom. The van der Waals surface area contributed by atoms with E-state index in [2.05, 4.69) is 10.6 Å². The van der Waals surface area contributed by atoms with Crippen molar-refractivity contribution in [3.8, 4) is 11.5 Å². The minimum absolute atomic E-state index is 0.138. The minimum atomic E-state index is -0.365. The Hall–Kier alpha value is -3.02. The van der Waals surface area contributed by atoms with Crippen LogP contribution < -0.4 is 15.4 Å². The Kier molecular flexibility index (Phi) is 5.93. The molecule has 30 heavy (non-hydrogen) atoms. The van der Waals surface area contributed by atoms with E-state index in [1.54, 1.807) is 24.3 Å². The monoisotopic (exact) mass is 424 g/mol. The van der Waals surface area contributed by atoms with Crippen molar-refractivity contribution in [3.05, 3.63) is 100 Å². The molecule has 0 aromatic heterocycles. The van der Waals surface area contributed by atoms with Crippen molar-refractivity contribution in [2.24, 2.45) is 0 Å². The third-order valence-corrected chi connectivity index (χ3v) is 5.20. The largest absolute Gasteiger partial charge is 0.508 e. The summed E-state index contributed by atoms with van der Waals surface area (Å²) in [6, 6.07) is 18.8. The molecule has 3 aromatic carbocycles. The number of phenols is 1. The van der Waals surface area contributed by atoms with Crippen LogP contribution in [-0.4, -0.2) is 11.7 Å². The zero-order valence-electron chi connectivity index (χ0n) is 16.4. The second-order valence-corrected chi connectivity index (χ2v) is 7.45. The normalized spacial score (nSPS) is 18.4. The fourth-order valence-electron chi connectivity index (χ4n) is 3.54. The molecule has 3 N–H and O–H groups in total. The Morgan fingerprint density at radius 3 is 2.60 bits per heavy atom. The first-order valence-electron chi connectivity index (χ1n) is 9.75. The lowest BCUT2D eigenvalue weighted by atomic mass is 9.98. The van der Waals surface area contributed by atoms with Crippen LogP contribution in [0.3, 0.4) is 0 Å². The molecule has 154 valence electrons. The number of benzene rings is 3. The molecule has 2 atom stereocenters. The number of hydrogen-bond donors (Lipinski definition) is 3. The van der Waals surface area contributed by atoms with Crippen molar-refractivity contribution < 1.29 is 14.2 Å². The highest BCUT2D eigenvalue weighted by atomic mass is 35.5. The van der Waals surface area contributed by atoms with Gasteiger partial charge in [-0.15, -0.1) is 0 Å². The van der Waals surface area contributed by atoms with Crippen molar-refractivity contribution in [3.63, 3.8) is 0 Å². The van der Waals surface area contributed by atoms with Crippen LogP contribution in [0.5, 0.6) is 11.5 Å². The molecule has 0 amide bonds. The lowest BCUT2D eigenvalue weighted by molar-refractivity contribution is 0.340. The first-order chi connectivity index (χ1) is 14.5. The lowest BCUT2D eigenvalue weighted by Gasteiger charge is -2.33. The van der Waals surface area contributed by atoms with Crippen molar-refractivity contribution >= 4 is 17.3 Å². The number of hydrogen-bond acceptors (Lipinski definition) is 4. The average Bonchev–Trinajstić information content (AvgIpc) is 2.76. The molecule has 0 aliphatic carbocycles. The predicted octanol–water partition coefficient (Wildman–Crippen LogP) is 5.56. The quantitative estimate of drug-likeness (QED) is 0.502. The zero-order chi connectivity index (χ0) is 21.1. The summed E-state index contributed by atoms with van der Waals surface area (Å²) >= 11 is 6.17. The lowest BCUT2D eigenvalue weighted by Crippen LogP contribution is -2.39. The second kappa shape index (κ2) is 8.78. The van der Waals surface area contributed by atoms with Gasteiger partial charge >= 0.3 is 0 Å². The van der Waals surface area contributed by atoms with Crippen molar-refractivity contribution in [1.82, 2.24) is 10.6 Å². The molecule has 3 aromatic rings. The average molecular weight is 425 g/mol. The van der Waals surface area contributed by atoms with Gasteiger partial charge in [-0.25, -0.2) is 4.39 Å². The number of halogens is 2.